The van der Waals surface area contributed by atoms with E-state index in [0.29, 0.717) is 18.4 Å². The first-order valence-corrected chi connectivity index (χ1v) is 8.48. The first kappa shape index (κ1) is 16.1. The van der Waals surface area contributed by atoms with Crippen LogP contribution in [0, 0.1) is 0 Å². The minimum atomic E-state index is -0.0464. The fraction of sp³-hybridized carbons (Fsp3) is 0.632. The molecule has 0 heterocycles. The third-order valence-corrected chi connectivity index (χ3v) is 4.79. The standard InChI is InChI=1S/C19H28O2/c1-2-21-18(20)13-7-10-16-19(14-8-4-9-15-19)17-11-5-3-6-12-17/h3,5-6,11-12H,2,4,7-10,13-16H2,1H3. The molecule has 1 saturated carbocycles. The van der Waals surface area contributed by atoms with Gasteiger partial charge in [0.25, 0.3) is 0 Å². The second-order valence-electron chi connectivity index (χ2n) is 6.22. The highest BCUT2D eigenvalue weighted by molar-refractivity contribution is 5.69. The van der Waals surface area contributed by atoms with Crippen molar-refractivity contribution in [2.75, 3.05) is 6.61 Å². The predicted octanol–water partition coefficient (Wildman–Crippen LogP) is 5.01. The van der Waals surface area contributed by atoms with E-state index in [1.54, 1.807) is 0 Å². The van der Waals surface area contributed by atoms with Gasteiger partial charge in [0.1, 0.15) is 0 Å². The lowest BCUT2D eigenvalue weighted by atomic mass is 9.66. The molecule has 1 aromatic rings. The van der Waals surface area contributed by atoms with E-state index in [1.807, 2.05) is 6.92 Å². The molecule has 21 heavy (non-hydrogen) atoms. The normalized spacial score (nSPS) is 17.4. The number of rotatable bonds is 7. The largest absolute Gasteiger partial charge is 0.466 e. The van der Waals surface area contributed by atoms with Crippen LogP contribution >= 0.6 is 0 Å². The summed E-state index contributed by atoms with van der Waals surface area (Å²) in [4.78, 5) is 11.4. The Morgan fingerprint density at radius 1 is 1.10 bits per heavy atom. The number of ether oxygens (including phenoxy) is 1. The molecular formula is C19H28O2. The summed E-state index contributed by atoms with van der Waals surface area (Å²) < 4.78 is 5.00. The molecule has 1 aliphatic rings. The van der Waals surface area contributed by atoms with Crippen molar-refractivity contribution in [2.24, 2.45) is 0 Å². The van der Waals surface area contributed by atoms with E-state index in [4.69, 9.17) is 4.74 Å². The van der Waals surface area contributed by atoms with E-state index in [-0.39, 0.29) is 5.97 Å². The molecule has 0 spiro atoms. The van der Waals surface area contributed by atoms with Gasteiger partial charge in [0.2, 0.25) is 0 Å². The van der Waals surface area contributed by atoms with Gasteiger partial charge in [-0.3, -0.25) is 4.79 Å². The van der Waals surface area contributed by atoms with Crippen molar-refractivity contribution in [1.29, 1.82) is 0 Å². The summed E-state index contributed by atoms with van der Waals surface area (Å²) in [6.45, 7) is 2.36. The van der Waals surface area contributed by atoms with Gasteiger partial charge in [0.15, 0.2) is 0 Å². The lowest BCUT2D eigenvalue weighted by Gasteiger charge is -2.38. The molecule has 116 valence electrons. The molecule has 0 N–H and O–H groups in total. The highest BCUT2D eigenvalue weighted by Gasteiger charge is 2.32. The van der Waals surface area contributed by atoms with Crippen molar-refractivity contribution < 1.29 is 9.53 Å². The summed E-state index contributed by atoms with van der Waals surface area (Å²) in [6, 6.07) is 11.0. The highest BCUT2D eigenvalue weighted by atomic mass is 16.5. The summed E-state index contributed by atoms with van der Waals surface area (Å²) in [5.74, 6) is -0.0464. The third kappa shape index (κ3) is 4.59. The van der Waals surface area contributed by atoms with Crippen LogP contribution in [-0.4, -0.2) is 12.6 Å². The molecule has 0 unspecified atom stereocenters. The van der Waals surface area contributed by atoms with Crippen molar-refractivity contribution in [3.8, 4) is 0 Å². The lowest BCUT2D eigenvalue weighted by molar-refractivity contribution is -0.143. The molecular weight excluding hydrogens is 260 g/mol. The lowest BCUT2D eigenvalue weighted by Crippen LogP contribution is -2.29. The number of carbonyl (C=O) groups excluding carboxylic acids is 1. The minimum absolute atomic E-state index is 0.0464. The Hall–Kier alpha value is -1.31. The quantitative estimate of drug-likeness (QED) is 0.520. The Kier molecular flexibility index (Phi) is 6.28. The first-order chi connectivity index (χ1) is 10.3. The van der Waals surface area contributed by atoms with Crippen LogP contribution in [0.2, 0.25) is 0 Å². The summed E-state index contributed by atoms with van der Waals surface area (Å²) in [5, 5.41) is 0. The third-order valence-electron chi connectivity index (χ3n) is 4.79. The maximum absolute atomic E-state index is 11.4. The van der Waals surface area contributed by atoms with Crippen LogP contribution in [0.4, 0.5) is 0 Å². The Morgan fingerprint density at radius 3 is 2.48 bits per heavy atom. The second kappa shape index (κ2) is 8.21. The van der Waals surface area contributed by atoms with Crippen molar-refractivity contribution in [2.45, 2.75) is 70.1 Å². The first-order valence-electron chi connectivity index (χ1n) is 8.48. The average molecular weight is 288 g/mol. The van der Waals surface area contributed by atoms with Crippen LogP contribution in [0.15, 0.2) is 30.3 Å². The number of esters is 1. The molecule has 1 aromatic carbocycles. The molecule has 0 atom stereocenters. The van der Waals surface area contributed by atoms with Crippen LogP contribution in [-0.2, 0) is 14.9 Å². The molecule has 2 nitrogen and oxygen atoms in total. The maximum atomic E-state index is 11.4. The minimum Gasteiger partial charge on any atom is -0.466 e. The number of carbonyl (C=O) groups is 1. The van der Waals surface area contributed by atoms with Crippen molar-refractivity contribution in [1.82, 2.24) is 0 Å². The van der Waals surface area contributed by atoms with Gasteiger partial charge in [-0.1, -0.05) is 56.0 Å². The van der Waals surface area contributed by atoms with Crippen LogP contribution < -0.4 is 0 Å². The van der Waals surface area contributed by atoms with Crippen LogP contribution in [0.3, 0.4) is 0 Å². The smallest absolute Gasteiger partial charge is 0.305 e. The van der Waals surface area contributed by atoms with E-state index >= 15 is 0 Å². The summed E-state index contributed by atoms with van der Waals surface area (Å²) in [6.07, 6.45) is 10.5. The zero-order chi connectivity index (χ0) is 15.0. The zero-order valence-electron chi connectivity index (χ0n) is 13.3. The van der Waals surface area contributed by atoms with Crippen molar-refractivity contribution >= 4 is 5.97 Å². The fourth-order valence-corrected chi connectivity index (χ4v) is 3.67. The van der Waals surface area contributed by atoms with E-state index < -0.39 is 0 Å². The highest BCUT2D eigenvalue weighted by Crippen LogP contribution is 2.43. The predicted molar refractivity (Wildman–Crippen MR) is 86.3 cm³/mol. The number of hydrogen-bond donors (Lipinski definition) is 0. The SMILES string of the molecule is CCOC(=O)CCCCC1(c2ccccc2)CCCCC1. The number of hydrogen-bond acceptors (Lipinski definition) is 2. The van der Waals surface area contributed by atoms with Gasteiger partial charge in [-0.15, -0.1) is 0 Å². The van der Waals surface area contributed by atoms with Gasteiger partial charge in [-0.2, -0.15) is 0 Å². The molecule has 2 heteroatoms. The van der Waals surface area contributed by atoms with E-state index in [1.165, 1.54) is 44.1 Å². The summed E-state index contributed by atoms with van der Waals surface area (Å²) in [5.41, 5.74) is 1.86. The molecule has 0 amide bonds. The van der Waals surface area contributed by atoms with E-state index in [2.05, 4.69) is 30.3 Å². The van der Waals surface area contributed by atoms with E-state index in [9.17, 15) is 4.79 Å². The van der Waals surface area contributed by atoms with Gasteiger partial charge in [0.05, 0.1) is 6.61 Å². The maximum Gasteiger partial charge on any atom is 0.305 e. The Morgan fingerprint density at radius 2 is 1.81 bits per heavy atom. The summed E-state index contributed by atoms with van der Waals surface area (Å²) >= 11 is 0. The summed E-state index contributed by atoms with van der Waals surface area (Å²) in [7, 11) is 0. The van der Waals surface area contributed by atoms with Gasteiger partial charge < -0.3 is 4.74 Å². The van der Waals surface area contributed by atoms with E-state index in [0.717, 1.165) is 12.8 Å². The number of benzene rings is 1. The molecule has 0 aromatic heterocycles. The molecule has 1 fully saturated rings. The molecule has 0 radical (unpaired) electrons. The molecule has 0 bridgehead atoms. The van der Waals surface area contributed by atoms with Gasteiger partial charge in [-0.25, -0.2) is 0 Å². The molecule has 0 aliphatic heterocycles. The fourth-order valence-electron chi connectivity index (χ4n) is 3.67. The van der Waals surface area contributed by atoms with Gasteiger partial charge in [0, 0.05) is 6.42 Å². The van der Waals surface area contributed by atoms with Crippen molar-refractivity contribution in [3.05, 3.63) is 35.9 Å². The van der Waals surface area contributed by atoms with Crippen LogP contribution in [0.5, 0.6) is 0 Å². The molecule has 2 rings (SSSR count). The topological polar surface area (TPSA) is 26.3 Å². The molecule has 0 saturated heterocycles. The molecule has 1 aliphatic carbocycles. The van der Waals surface area contributed by atoms with Crippen LogP contribution in [0.1, 0.15) is 70.3 Å². The van der Waals surface area contributed by atoms with Gasteiger partial charge >= 0.3 is 5.97 Å². The van der Waals surface area contributed by atoms with Crippen LogP contribution in [0.25, 0.3) is 0 Å². The van der Waals surface area contributed by atoms with Gasteiger partial charge in [-0.05, 0) is 43.6 Å². The number of unbranched alkanes of at least 4 members (excludes halogenated alkanes) is 1. The Balaban J connectivity index is 1.90. The Labute approximate surface area is 128 Å². The monoisotopic (exact) mass is 288 g/mol. The second-order valence-corrected chi connectivity index (χ2v) is 6.22. The van der Waals surface area contributed by atoms with Crippen molar-refractivity contribution in [3.63, 3.8) is 0 Å². The Bertz CT molecular complexity index is 418. The zero-order valence-corrected chi connectivity index (χ0v) is 13.3. The average Bonchev–Trinajstić information content (AvgIpc) is 2.54.